The second kappa shape index (κ2) is 8.75. The number of hydrogen-bond donors (Lipinski definition) is 2. The van der Waals surface area contributed by atoms with Gasteiger partial charge in [0.1, 0.15) is 18.1 Å². The van der Waals surface area contributed by atoms with Crippen molar-refractivity contribution in [3.63, 3.8) is 0 Å². The quantitative estimate of drug-likeness (QED) is 0.360. The van der Waals surface area contributed by atoms with Gasteiger partial charge >= 0.3 is 0 Å². The van der Waals surface area contributed by atoms with Crippen LogP contribution in [0.5, 0.6) is 11.5 Å². The number of nitrogens with one attached hydrogen (secondary N) is 1. The lowest BCUT2D eigenvalue weighted by molar-refractivity contribution is 0.0955. The average molecular weight is 403 g/mol. The van der Waals surface area contributed by atoms with E-state index in [2.05, 4.69) is 10.5 Å². The van der Waals surface area contributed by atoms with Crippen LogP contribution in [-0.4, -0.2) is 29.7 Å². The van der Waals surface area contributed by atoms with Gasteiger partial charge < -0.3 is 9.84 Å². The highest BCUT2D eigenvalue weighted by Crippen LogP contribution is 2.28. The number of aromatic hydroxyl groups is 1. The van der Waals surface area contributed by atoms with Gasteiger partial charge in [-0.3, -0.25) is 4.79 Å². The van der Waals surface area contributed by atoms with Crippen LogP contribution in [0.3, 0.4) is 0 Å². The molecular weight excluding hydrogens is 387 g/mol. The first-order valence-electron chi connectivity index (χ1n) is 8.12. The molecule has 0 fully saturated rings. The zero-order valence-electron chi connectivity index (χ0n) is 14.2. The average Bonchev–Trinajstić information content (AvgIpc) is 2.69. The minimum atomic E-state index is -0.431. The van der Waals surface area contributed by atoms with Crippen molar-refractivity contribution in [3.8, 4) is 11.5 Å². The molecule has 2 N–H and O–H groups in total. The van der Waals surface area contributed by atoms with Gasteiger partial charge in [-0.1, -0.05) is 35.9 Å². The Morgan fingerprint density at radius 2 is 1.93 bits per heavy atom. The van der Waals surface area contributed by atoms with Crippen molar-refractivity contribution >= 4 is 46.1 Å². The third kappa shape index (κ3) is 4.51. The van der Waals surface area contributed by atoms with Crippen LogP contribution in [0.25, 0.3) is 10.8 Å². The van der Waals surface area contributed by atoms with Crippen molar-refractivity contribution in [2.75, 3.05) is 12.5 Å². The van der Waals surface area contributed by atoms with Crippen LogP contribution < -0.4 is 10.2 Å². The molecule has 0 bridgehead atoms. The van der Waals surface area contributed by atoms with E-state index in [1.165, 1.54) is 18.2 Å². The molecule has 0 radical (unpaired) electrons. The molecule has 0 aromatic heterocycles. The molecule has 0 saturated heterocycles. The molecule has 0 spiro atoms. The first kappa shape index (κ1) is 19.0. The number of hydrogen-bond acceptors (Lipinski definition) is 4. The van der Waals surface area contributed by atoms with Crippen molar-refractivity contribution in [2.24, 2.45) is 5.10 Å². The van der Waals surface area contributed by atoms with Crippen LogP contribution in [0.2, 0.25) is 5.02 Å². The number of carbonyl (C=O) groups excluding carboxylic acids is 1. The fraction of sp³-hybridized carbons (Fsp3) is 0.100. The predicted molar refractivity (Wildman–Crippen MR) is 108 cm³/mol. The smallest absolute Gasteiger partial charge is 0.271 e. The number of rotatable bonds is 6. The topological polar surface area (TPSA) is 70.9 Å². The first-order chi connectivity index (χ1) is 13.1. The number of amides is 1. The highest BCUT2D eigenvalue weighted by Gasteiger charge is 2.08. The van der Waals surface area contributed by atoms with Crippen molar-refractivity contribution < 1.29 is 14.6 Å². The minimum Gasteiger partial charge on any atom is -0.506 e. The molecule has 5 nitrogen and oxygen atoms in total. The van der Waals surface area contributed by atoms with E-state index in [9.17, 15) is 9.90 Å². The third-order valence-corrected chi connectivity index (χ3v) is 4.29. The molecule has 1 amide bonds. The molecule has 0 heterocycles. The molecule has 27 heavy (non-hydrogen) atoms. The standard InChI is InChI=1S/C20H16Cl2N2O3/c21-9-10-27-19-8-6-14(15-3-1-2-4-16(15)19)12-23-24-20(26)13-5-7-18(25)17(22)11-13/h1-8,11-12,25H,9-10H2,(H,24,26)/b23-12+. The third-order valence-electron chi connectivity index (χ3n) is 3.83. The number of halogens is 2. The Hall–Kier alpha value is -2.76. The van der Waals surface area contributed by atoms with Gasteiger partial charge in [0.2, 0.25) is 0 Å². The molecule has 7 heteroatoms. The highest BCUT2D eigenvalue weighted by atomic mass is 35.5. The number of hydrazone groups is 1. The maximum Gasteiger partial charge on any atom is 0.271 e. The Morgan fingerprint density at radius 3 is 2.67 bits per heavy atom. The van der Waals surface area contributed by atoms with Gasteiger partial charge in [0, 0.05) is 16.5 Å². The zero-order chi connectivity index (χ0) is 19.2. The van der Waals surface area contributed by atoms with E-state index in [-0.39, 0.29) is 10.8 Å². The Morgan fingerprint density at radius 1 is 1.15 bits per heavy atom. The largest absolute Gasteiger partial charge is 0.506 e. The van der Waals surface area contributed by atoms with Crippen LogP contribution in [0.1, 0.15) is 15.9 Å². The minimum absolute atomic E-state index is 0.0836. The van der Waals surface area contributed by atoms with E-state index in [0.29, 0.717) is 18.1 Å². The maximum atomic E-state index is 12.1. The molecule has 0 aliphatic heterocycles. The predicted octanol–water partition coefficient (Wildman–Crippen LogP) is 4.58. The van der Waals surface area contributed by atoms with Crippen LogP contribution in [0, 0.1) is 0 Å². The lowest BCUT2D eigenvalue weighted by Crippen LogP contribution is -2.17. The summed E-state index contributed by atoms with van der Waals surface area (Å²) in [7, 11) is 0. The van der Waals surface area contributed by atoms with E-state index in [0.717, 1.165) is 22.1 Å². The Bertz CT molecular complexity index is 1010. The lowest BCUT2D eigenvalue weighted by atomic mass is 10.0. The van der Waals surface area contributed by atoms with E-state index in [4.69, 9.17) is 27.9 Å². The Balaban J connectivity index is 1.79. The highest BCUT2D eigenvalue weighted by molar-refractivity contribution is 6.32. The molecular formula is C20H16Cl2N2O3. The SMILES string of the molecule is O=C(N/N=C/c1ccc(OCCCl)c2ccccc12)c1ccc(O)c(Cl)c1. The summed E-state index contributed by atoms with van der Waals surface area (Å²) in [5.41, 5.74) is 3.57. The van der Waals surface area contributed by atoms with Gasteiger partial charge in [-0.15, -0.1) is 11.6 Å². The number of fused-ring (bicyclic) bond motifs is 1. The summed E-state index contributed by atoms with van der Waals surface area (Å²) in [5.74, 6) is 0.635. The summed E-state index contributed by atoms with van der Waals surface area (Å²) >= 11 is 11.5. The van der Waals surface area contributed by atoms with Crippen LogP contribution in [0.15, 0.2) is 59.7 Å². The van der Waals surface area contributed by atoms with E-state index in [1.807, 2.05) is 36.4 Å². The van der Waals surface area contributed by atoms with E-state index >= 15 is 0 Å². The summed E-state index contributed by atoms with van der Waals surface area (Å²) in [6, 6.07) is 15.6. The molecule has 0 unspecified atom stereocenters. The summed E-state index contributed by atoms with van der Waals surface area (Å²) < 4.78 is 5.67. The molecule has 0 aliphatic carbocycles. The summed E-state index contributed by atoms with van der Waals surface area (Å²) in [6.07, 6.45) is 1.56. The maximum absolute atomic E-state index is 12.1. The fourth-order valence-corrected chi connectivity index (χ4v) is 2.81. The summed E-state index contributed by atoms with van der Waals surface area (Å²) in [5, 5.41) is 15.4. The summed E-state index contributed by atoms with van der Waals surface area (Å²) in [6.45, 7) is 0.421. The van der Waals surface area contributed by atoms with Gasteiger partial charge in [0.15, 0.2) is 0 Å². The molecule has 3 aromatic rings. The van der Waals surface area contributed by atoms with E-state index < -0.39 is 5.91 Å². The van der Waals surface area contributed by atoms with Gasteiger partial charge in [0.25, 0.3) is 5.91 Å². The van der Waals surface area contributed by atoms with Gasteiger partial charge in [-0.05, 0) is 35.7 Å². The number of carbonyl (C=O) groups is 1. The molecule has 3 aromatic carbocycles. The second-order valence-electron chi connectivity index (χ2n) is 5.60. The van der Waals surface area contributed by atoms with Crippen molar-refractivity contribution in [3.05, 3.63) is 70.7 Å². The Kier molecular flexibility index (Phi) is 6.16. The second-order valence-corrected chi connectivity index (χ2v) is 6.39. The molecule has 0 aliphatic rings. The van der Waals surface area contributed by atoms with Crippen molar-refractivity contribution in [1.82, 2.24) is 5.43 Å². The Labute approximate surface area is 166 Å². The first-order valence-corrected chi connectivity index (χ1v) is 9.04. The molecule has 0 atom stereocenters. The number of ether oxygens (including phenoxy) is 1. The number of phenols is 1. The monoisotopic (exact) mass is 402 g/mol. The number of benzene rings is 3. The molecule has 3 rings (SSSR count). The van der Waals surface area contributed by atoms with Crippen LogP contribution in [0.4, 0.5) is 0 Å². The van der Waals surface area contributed by atoms with Gasteiger partial charge in [-0.2, -0.15) is 5.10 Å². The van der Waals surface area contributed by atoms with Crippen LogP contribution >= 0.6 is 23.2 Å². The number of nitrogens with zero attached hydrogens (tertiary/aromatic N) is 1. The molecule has 0 saturated carbocycles. The van der Waals surface area contributed by atoms with E-state index in [1.54, 1.807) is 6.21 Å². The van der Waals surface area contributed by atoms with Gasteiger partial charge in [-0.25, -0.2) is 5.43 Å². The normalized spacial score (nSPS) is 11.0. The summed E-state index contributed by atoms with van der Waals surface area (Å²) in [4.78, 5) is 12.1. The van der Waals surface area contributed by atoms with Crippen LogP contribution in [-0.2, 0) is 0 Å². The van der Waals surface area contributed by atoms with Gasteiger partial charge in [0.05, 0.1) is 17.1 Å². The zero-order valence-corrected chi connectivity index (χ0v) is 15.7. The van der Waals surface area contributed by atoms with Crippen molar-refractivity contribution in [1.29, 1.82) is 0 Å². The fourth-order valence-electron chi connectivity index (χ4n) is 2.55. The number of alkyl halides is 1. The van der Waals surface area contributed by atoms with Crippen molar-refractivity contribution in [2.45, 2.75) is 0 Å². The molecule has 138 valence electrons. The number of phenolic OH excluding ortho intramolecular Hbond substituents is 1. The lowest BCUT2D eigenvalue weighted by Gasteiger charge is -2.10.